The Balaban J connectivity index is 0.000000659. The minimum atomic E-state index is 1.08. The predicted molar refractivity (Wildman–Crippen MR) is 84.9 cm³/mol. The largest absolute Gasteiger partial charge is 0.0683 e. The number of rotatable bonds is 2. The van der Waals surface area contributed by atoms with Crippen molar-refractivity contribution in [1.29, 1.82) is 0 Å². The van der Waals surface area contributed by atoms with Crippen molar-refractivity contribution < 1.29 is 0 Å². The van der Waals surface area contributed by atoms with E-state index < -0.39 is 0 Å². The molecule has 0 heteroatoms. The zero-order valence-corrected chi connectivity index (χ0v) is 14.0. The highest BCUT2D eigenvalue weighted by molar-refractivity contribution is 4.85. The van der Waals surface area contributed by atoms with Gasteiger partial charge in [0.15, 0.2) is 0 Å². The van der Waals surface area contributed by atoms with Crippen LogP contribution in [0.1, 0.15) is 92.9 Å². The maximum Gasteiger partial charge on any atom is -0.0383 e. The molecule has 2 aliphatic carbocycles. The Bertz CT molecular complexity index is 153. The van der Waals surface area contributed by atoms with Crippen molar-refractivity contribution in [1.82, 2.24) is 0 Å². The first kappa shape index (κ1) is 18.0. The Morgan fingerprint density at radius 2 is 0.944 bits per heavy atom. The Morgan fingerprint density at radius 1 is 0.611 bits per heavy atom. The van der Waals surface area contributed by atoms with Crippen molar-refractivity contribution in [3.8, 4) is 0 Å². The van der Waals surface area contributed by atoms with Gasteiger partial charge in [0, 0.05) is 0 Å². The van der Waals surface area contributed by atoms with Gasteiger partial charge in [-0.25, -0.2) is 0 Å². The first-order chi connectivity index (χ1) is 8.83. The normalized spacial score (nSPS) is 34.3. The third-order valence-corrected chi connectivity index (χ3v) is 4.98. The summed E-state index contributed by atoms with van der Waals surface area (Å²) in [6.45, 7) is 12.8. The molecule has 0 aromatic rings. The third-order valence-electron chi connectivity index (χ3n) is 4.98. The summed E-state index contributed by atoms with van der Waals surface area (Å²) in [5.74, 6) is 4.40. The van der Waals surface area contributed by atoms with Crippen LogP contribution in [0.25, 0.3) is 0 Å². The van der Waals surface area contributed by atoms with Gasteiger partial charge in [0.1, 0.15) is 0 Å². The predicted octanol–water partition coefficient (Wildman–Crippen LogP) is 6.69. The molecule has 4 unspecified atom stereocenters. The van der Waals surface area contributed by atoms with Gasteiger partial charge in [0.25, 0.3) is 0 Å². The lowest BCUT2D eigenvalue weighted by Gasteiger charge is -2.42. The van der Waals surface area contributed by atoms with Crippen LogP contribution in [-0.2, 0) is 0 Å². The van der Waals surface area contributed by atoms with Gasteiger partial charge in [-0.2, -0.15) is 0 Å². The van der Waals surface area contributed by atoms with E-state index in [1.165, 1.54) is 25.7 Å². The monoisotopic (exact) mass is 254 g/mol. The summed E-state index contributed by atoms with van der Waals surface area (Å²) in [5, 5.41) is 0. The van der Waals surface area contributed by atoms with Crippen molar-refractivity contribution in [3.63, 3.8) is 0 Å². The average molecular weight is 255 g/mol. The van der Waals surface area contributed by atoms with Crippen molar-refractivity contribution in [2.45, 2.75) is 92.9 Å². The highest BCUT2D eigenvalue weighted by Crippen LogP contribution is 2.45. The highest BCUT2D eigenvalue weighted by Gasteiger charge is 2.34. The van der Waals surface area contributed by atoms with Gasteiger partial charge in [-0.05, 0) is 49.4 Å². The van der Waals surface area contributed by atoms with E-state index >= 15 is 0 Å². The molecule has 0 bridgehead atoms. The maximum atomic E-state index is 2.38. The molecule has 2 rings (SSSR count). The van der Waals surface area contributed by atoms with Gasteiger partial charge in [0.05, 0.1) is 0 Å². The van der Waals surface area contributed by atoms with Crippen molar-refractivity contribution >= 4 is 0 Å². The van der Waals surface area contributed by atoms with Crippen LogP contribution in [0.5, 0.6) is 0 Å². The van der Waals surface area contributed by atoms with Crippen LogP contribution in [0.15, 0.2) is 0 Å². The fraction of sp³-hybridized carbons (Fsp3) is 1.00. The zero-order chi connectivity index (χ0) is 14.0. The molecule has 0 amide bonds. The molecule has 0 aromatic heterocycles. The molecule has 0 radical (unpaired) electrons. The highest BCUT2D eigenvalue weighted by atomic mass is 14.4. The van der Waals surface area contributed by atoms with Gasteiger partial charge < -0.3 is 0 Å². The van der Waals surface area contributed by atoms with Crippen LogP contribution in [-0.4, -0.2) is 0 Å². The summed E-state index contributed by atoms with van der Waals surface area (Å²) >= 11 is 0. The summed E-state index contributed by atoms with van der Waals surface area (Å²) in [7, 11) is 0. The van der Waals surface area contributed by atoms with E-state index in [4.69, 9.17) is 0 Å². The molecule has 0 nitrogen and oxygen atoms in total. The molecule has 0 aromatic carbocycles. The lowest BCUT2D eigenvalue weighted by atomic mass is 9.64. The van der Waals surface area contributed by atoms with E-state index in [2.05, 4.69) is 13.8 Å². The first-order valence-corrected chi connectivity index (χ1v) is 8.83. The van der Waals surface area contributed by atoms with Gasteiger partial charge in [0.2, 0.25) is 0 Å². The molecule has 2 saturated carbocycles. The van der Waals surface area contributed by atoms with Gasteiger partial charge in [-0.3, -0.25) is 0 Å². The van der Waals surface area contributed by atoms with Crippen LogP contribution in [0.4, 0.5) is 0 Å². The molecule has 4 atom stereocenters. The van der Waals surface area contributed by atoms with Crippen molar-refractivity contribution in [2.24, 2.45) is 23.7 Å². The van der Waals surface area contributed by atoms with E-state index in [0.717, 1.165) is 23.7 Å². The van der Waals surface area contributed by atoms with E-state index in [1.807, 2.05) is 27.7 Å². The van der Waals surface area contributed by atoms with E-state index in [9.17, 15) is 0 Å². The second kappa shape index (κ2) is 10.9. The molecular formula is C18H38. The molecule has 0 N–H and O–H groups in total. The van der Waals surface area contributed by atoms with Crippen molar-refractivity contribution in [2.75, 3.05) is 0 Å². The van der Waals surface area contributed by atoms with Crippen LogP contribution >= 0.6 is 0 Å². The summed E-state index contributed by atoms with van der Waals surface area (Å²) < 4.78 is 0. The second-order valence-corrected chi connectivity index (χ2v) is 5.69. The summed E-state index contributed by atoms with van der Waals surface area (Å²) in [6.07, 6.45) is 12.2. The lowest BCUT2D eigenvalue weighted by Crippen LogP contribution is -2.30. The fourth-order valence-corrected chi connectivity index (χ4v) is 3.83. The van der Waals surface area contributed by atoms with E-state index in [-0.39, 0.29) is 0 Å². The molecule has 2 aliphatic rings. The molecule has 0 saturated heterocycles. The van der Waals surface area contributed by atoms with E-state index in [0.29, 0.717) is 0 Å². The summed E-state index contributed by atoms with van der Waals surface area (Å²) in [6, 6.07) is 0. The average Bonchev–Trinajstić information content (AvgIpc) is 2.50. The quantitative estimate of drug-likeness (QED) is 0.515. The lowest BCUT2D eigenvalue weighted by molar-refractivity contribution is 0.0955. The van der Waals surface area contributed by atoms with E-state index in [1.54, 1.807) is 25.7 Å². The smallest absolute Gasteiger partial charge is 0.0383 e. The minimum absolute atomic E-state index is 1.08. The Hall–Kier alpha value is 0. The van der Waals surface area contributed by atoms with Gasteiger partial charge in [-0.1, -0.05) is 67.2 Å². The number of hydrogen-bond acceptors (Lipinski definition) is 0. The Kier molecular flexibility index (Phi) is 10.9. The van der Waals surface area contributed by atoms with Gasteiger partial charge >= 0.3 is 0 Å². The molecule has 0 aliphatic heterocycles. The Labute approximate surface area is 117 Å². The first-order valence-electron chi connectivity index (χ1n) is 8.83. The number of hydrogen-bond donors (Lipinski definition) is 0. The molecule has 0 spiro atoms. The fourth-order valence-electron chi connectivity index (χ4n) is 3.83. The van der Waals surface area contributed by atoms with Gasteiger partial charge in [-0.15, -0.1) is 0 Å². The molecule has 110 valence electrons. The Morgan fingerprint density at radius 3 is 1.22 bits per heavy atom. The summed E-state index contributed by atoms with van der Waals surface area (Å²) in [4.78, 5) is 0. The SMILES string of the molecule is CC.CC.CCC1CCC2CC(CC)CCC2C1. The topological polar surface area (TPSA) is 0 Å². The molecule has 2 fully saturated rings. The van der Waals surface area contributed by atoms with Crippen LogP contribution in [0, 0.1) is 23.7 Å². The zero-order valence-electron chi connectivity index (χ0n) is 14.0. The summed E-state index contributed by atoms with van der Waals surface area (Å²) in [5.41, 5.74) is 0. The minimum Gasteiger partial charge on any atom is -0.0683 e. The molecule has 0 heterocycles. The van der Waals surface area contributed by atoms with Crippen LogP contribution in [0.2, 0.25) is 0 Å². The maximum absolute atomic E-state index is 2.38. The van der Waals surface area contributed by atoms with Crippen molar-refractivity contribution in [3.05, 3.63) is 0 Å². The van der Waals surface area contributed by atoms with Crippen LogP contribution < -0.4 is 0 Å². The molecule has 18 heavy (non-hydrogen) atoms. The standard InChI is InChI=1S/C14H26.2C2H6/c1-3-11-5-7-14-10-12(4-2)6-8-13(14)9-11;2*1-2/h11-14H,3-10H2,1-2H3;2*1-2H3. The second-order valence-electron chi connectivity index (χ2n) is 5.69. The number of fused-ring (bicyclic) bond motifs is 1. The third kappa shape index (κ3) is 5.33. The molecular weight excluding hydrogens is 216 g/mol. The van der Waals surface area contributed by atoms with Crippen LogP contribution in [0.3, 0.4) is 0 Å².